The molecule has 0 saturated heterocycles. The van der Waals surface area contributed by atoms with E-state index < -0.39 is 8.07 Å². The van der Waals surface area contributed by atoms with Crippen LogP contribution >= 0.6 is 0 Å². The van der Waals surface area contributed by atoms with Crippen LogP contribution in [-0.2, 0) is 4.74 Å². The Balaban J connectivity index is 2.56. The molecule has 2 heteroatoms. The van der Waals surface area contributed by atoms with Gasteiger partial charge in [-0.05, 0) is 16.4 Å². The van der Waals surface area contributed by atoms with E-state index in [0.717, 1.165) is 6.04 Å². The number of hydrogen-bond donors (Lipinski definition) is 0. The lowest BCUT2D eigenvalue weighted by molar-refractivity contribution is 0.240. The summed E-state index contributed by atoms with van der Waals surface area (Å²) in [5, 5.41) is 2.80. The van der Waals surface area contributed by atoms with Gasteiger partial charge in [-0.25, -0.2) is 0 Å². The molecular weight excluding hydrogens is 284 g/mol. The van der Waals surface area contributed by atoms with Crippen LogP contribution in [0.15, 0.2) is 60.7 Å². The number of rotatable bonds is 6. The van der Waals surface area contributed by atoms with Gasteiger partial charge in [-0.1, -0.05) is 86.3 Å². The summed E-state index contributed by atoms with van der Waals surface area (Å²) in [7, 11) is -0.344. The first kappa shape index (κ1) is 16.5. The van der Waals surface area contributed by atoms with Crippen LogP contribution < -0.4 is 10.4 Å². The van der Waals surface area contributed by atoms with Gasteiger partial charge in [0.2, 0.25) is 0 Å². The fourth-order valence-corrected chi connectivity index (χ4v) is 6.91. The average molecular weight is 308 g/mol. The van der Waals surface area contributed by atoms with E-state index in [0.29, 0.717) is 6.61 Å². The molecule has 0 unspecified atom stereocenters. The number of hydrogen-bond acceptors (Lipinski definition) is 1. The third-order valence-corrected chi connectivity index (χ3v) is 8.30. The van der Waals surface area contributed by atoms with Crippen LogP contribution in [0, 0.1) is 11.5 Å². The van der Waals surface area contributed by atoms with Gasteiger partial charge in [-0.15, -0.1) is 5.54 Å². The van der Waals surface area contributed by atoms with Crippen molar-refractivity contribution in [3.05, 3.63) is 60.7 Å². The lowest BCUT2D eigenvalue weighted by atomic mass is 10.4. The minimum absolute atomic E-state index is 0.501. The maximum atomic E-state index is 5.16. The second-order valence-corrected chi connectivity index (χ2v) is 9.19. The molecule has 1 nitrogen and oxygen atoms in total. The second kappa shape index (κ2) is 8.58. The van der Waals surface area contributed by atoms with Crippen LogP contribution in [0.4, 0.5) is 0 Å². The van der Waals surface area contributed by atoms with E-state index in [-0.39, 0.29) is 0 Å². The molecule has 0 atom stereocenters. The molecule has 0 radical (unpaired) electrons. The summed E-state index contributed by atoms with van der Waals surface area (Å²) in [6, 6.07) is 22.8. The summed E-state index contributed by atoms with van der Waals surface area (Å²) < 4.78 is 5.16. The molecule has 0 aliphatic rings. The van der Waals surface area contributed by atoms with Crippen molar-refractivity contribution in [1.29, 1.82) is 0 Å². The highest BCUT2D eigenvalue weighted by Crippen LogP contribution is 2.15. The van der Waals surface area contributed by atoms with Crippen molar-refractivity contribution in [2.45, 2.75) is 25.8 Å². The topological polar surface area (TPSA) is 9.23 Å². The van der Waals surface area contributed by atoms with Crippen molar-refractivity contribution < 1.29 is 4.74 Å². The molecule has 0 aromatic heterocycles. The van der Waals surface area contributed by atoms with E-state index in [2.05, 4.69) is 79.1 Å². The lowest BCUT2D eigenvalue weighted by Gasteiger charge is -2.27. The Hall–Kier alpha value is -1.82. The minimum atomic E-state index is -2.05. The van der Waals surface area contributed by atoms with Gasteiger partial charge < -0.3 is 4.74 Å². The van der Waals surface area contributed by atoms with E-state index in [1.165, 1.54) is 23.2 Å². The molecule has 0 N–H and O–H groups in total. The lowest BCUT2D eigenvalue weighted by Crippen LogP contribution is -2.57. The Morgan fingerprint density at radius 2 is 1.45 bits per heavy atom. The molecule has 0 fully saturated rings. The zero-order valence-electron chi connectivity index (χ0n) is 13.5. The van der Waals surface area contributed by atoms with Gasteiger partial charge in [-0.2, -0.15) is 0 Å². The maximum Gasteiger partial charge on any atom is 0.199 e. The van der Waals surface area contributed by atoms with Gasteiger partial charge >= 0.3 is 0 Å². The molecule has 0 amide bonds. The third-order valence-electron chi connectivity index (χ3n) is 3.96. The predicted octanol–water partition coefficient (Wildman–Crippen LogP) is 3.24. The normalized spacial score (nSPS) is 10.8. The first-order valence-corrected chi connectivity index (χ1v) is 10.1. The zero-order chi connectivity index (χ0) is 15.7. The van der Waals surface area contributed by atoms with Gasteiger partial charge in [0.1, 0.15) is 6.61 Å². The van der Waals surface area contributed by atoms with Crippen LogP contribution in [0.2, 0.25) is 6.04 Å². The molecule has 2 aromatic carbocycles. The SMILES string of the molecule is CCCC[Si](C#CCOC)(c1ccccc1)c1ccccc1. The predicted molar refractivity (Wildman–Crippen MR) is 97.3 cm³/mol. The summed E-state index contributed by atoms with van der Waals surface area (Å²) in [4.78, 5) is 0. The molecule has 22 heavy (non-hydrogen) atoms. The van der Waals surface area contributed by atoms with E-state index >= 15 is 0 Å². The Morgan fingerprint density at radius 3 is 1.91 bits per heavy atom. The molecule has 0 aliphatic heterocycles. The highest BCUT2D eigenvalue weighted by atomic mass is 28.3. The summed E-state index contributed by atoms with van der Waals surface area (Å²) in [5.74, 6) is 3.27. The first-order valence-electron chi connectivity index (χ1n) is 7.93. The largest absolute Gasteiger partial charge is 0.372 e. The molecule has 0 spiro atoms. The highest BCUT2D eigenvalue weighted by Gasteiger charge is 2.35. The van der Waals surface area contributed by atoms with Crippen LogP contribution in [0.3, 0.4) is 0 Å². The Morgan fingerprint density at radius 1 is 0.909 bits per heavy atom. The summed E-state index contributed by atoms with van der Waals surface area (Å²) >= 11 is 0. The van der Waals surface area contributed by atoms with Gasteiger partial charge in [0.05, 0.1) is 0 Å². The number of unbranched alkanes of at least 4 members (excludes halogenated alkanes) is 1. The zero-order valence-corrected chi connectivity index (χ0v) is 14.5. The number of ether oxygens (including phenoxy) is 1. The Bertz CT molecular complexity index is 571. The fourth-order valence-electron chi connectivity index (χ4n) is 2.81. The van der Waals surface area contributed by atoms with Crippen molar-refractivity contribution in [2.75, 3.05) is 13.7 Å². The van der Waals surface area contributed by atoms with E-state index in [1.807, 2.05) is 0 Å². The van der Waals surface area contributed by atoms with E-state index in [1.54, 1.807) is 7.11 Å². The molecule has 2 aromatic rings. The van der Waals surface area contributed by atoms with Gasteiger partial charge in [-0.3, -0.25) is 0 Å². The van der Waals surface area contributed by atoms with Crippen molar-refractivity contribution in [3.63, 3.8) is 0 Å². The average Bonchev–Trinajstić information content (AvgIpc) is 2.60. The first-order chi connectivity index (χ1) is 10.8. The third kappa shape index (κ3) is 3.88. The van der Waals surface area contributed by atoms with Crippen LogP contribution in [0.1, 0.15) is 19.8 Å². The smallest absolute Gasteiger partial charge is 0.199 e. The number of methoxy groups -OCH3 is 1. The molecule has 0 bridgehead atoms. The van der Waals surface area contributed by atoms with E-state index in [4.69, 9.17) is 4.74 Å². The second-order valence-electron chi connectivity index (χ2n) is 5.48. The highest BCUT2D eigenvalue weighted by molar-refractivity contribution is 7.08. The summed E-state index contributed by atoms with van der Waals surface area (Å²) in [5.41, 5.74) is 3.67. The van der Waals surface area contributed by atoms with E-state index in [9.17, 15) is 0 Å². The molecular formula is C20H24OSi. The summed E-state index contributed by atoms with van der Waals surface area (Å²) in [6.45, 7) is 2.75. The molecule has 0 saturated carbocycles. The standard InChI is InChI=1S/C20H24OSi/c1-3-4-17-22(18-11-16-21-2,19-12-7-5-8-13-19)20-14-9-6-10-15-20/h5-10,12-15H,3-4,16-17H2,1-2H3. The molecule has 0 heterocycles. The van der Waals surface area contributed by atoms with Crippen molar-refractivity contribution >= 4 is 18.4 Å². The molecule has 2 rings (SSSR count). The Kier molecular flexibility index (Phi) is 6.45. The fraction of sp³-hybridized carbons (Fsp3) is 0.300. The molecule has 0 aliphatic carbocycles. The summed E-state index contributed by atoms with van der Waals surface area (Å²) in [6.07, 6.45) is 2.40. The van der Waals surface area contributed by atoms with Crippen LogP contribution in [-0.4, -0.2) is 21.8 Å². The van der Waals surface area contributed by atoms with Crippen molar-refractivity contribution in [3.8, 4) is 11.5 Å². The minimum Gasteiger partial charge on any atom is -0.372 e. The van der Waals surface area contributed by atoms with Gasteiger partial charge in [0, 0.05) is 7.11 Å². The van der Waals surface area contributed by atoms with Crippen molar-refractivity contribution in [2.24, 2.45) is 0 Å². The monoisotopic (exact) mass is 308 g/mol. The Labute approximate surface area is 135 Å². The molecule has 114 valence electrons. The quantitative estimate of drug-likeness (QED) is 0.588. The van der Waals surface area contributed by atoms with Crippen molar-refractivity contribution in [1.82, 2.24) is 0 Å². The number of benzene rings is 2. The van der Waals surface area contributed by atoms with Crippen LogP contribution in [0.25, 0.3) is 0 Å². The van der Waals surface area contributed by atoms with Gasteiger partial charge in [0.25, 0.3) is 0 Å². The van der Waals surface area contributed by atoms with Crippen LogP contribution in [0.5, 0.6) is 0 Å². The van der Waals surface area contributed by atoms with Gasteiger partial charge in [0.15, 0.2) is 8.07 Å². The maximum absolute atomic E-state index is 5.16.